The lowest BCUT2D eigenvalue weighted by atomic mass is 10.0. The maximum Gasteiger partial charge on any atom is 0.406 e. The number of ether oxygens (including phenoxy) is 1. The number of hydrogen-bond donors (Lipinski definition) is 0. The number of aromatic nitrogens is 1. The summed E-state index contributed by atoms with van der Waals surface area (Å²) in [4.78, 5) is 15.2. The molecule has 0 spiro atoms. The van der Waals surface area contributed by atoms with E-state index < -0.39 is 18.7 Å². The number of fused-ring (bicyclic) bond motifs is 3. The normalized spacial score (nSPS) is 25.9. The Bertz CT molecular complexity index is 866. The van der Waals surface area contributed by atoms with Gasteiger partial charge in [0.15, 0.2) is 0 Å². The molecule has 1 aromatic carbocycles. The van der Waals surface area contributed by atoms with Gasteiger partial charge >= 0.3 is 12.1 Å². The van der Waals surface area contributed by atoms with Crippen molar-refractivity contribution in [2.24, 2.45) is 0 Å². The molecular formula is C19H20ClF3N2O2. The van der Waals surface area contributed by atoms with E-state index in [1.807, 2.05) is 0 Å². The topological polar surface area (TPSA) is 34.5 Å². The lowest BCUT2D eigenvalue weighted by molar-refractivity contribution is -0.139. The van der Waals surface area contributed by atoms with Crippen LogP contribution < -0.4 is 0 Å². The Morgan fingerprint density at radius 1 is 1.22 bits per heavy atom. The molecule has 2 fully saturated rings. The van der Waals surface area contributed by atoms with E-state index >= 15 is 0 Å². The van der Waals surface area contributed by atoms with Crippen LogP contribution in [0.1, 0.15) is 36.0 Å². The predicted molar refractivity (Wildman–Crippen MR) is 96.0 cm³/mol. The van der Waals surface area contributed by atoms with Crippen LogP contribution in [0, 0.1) is 0 Å². The van der Waals surface area contributed by atoms with Crippen molar-refractivity contribution >= 4 is 28.5 Å². The average molecular weight is 401 g/mol. The van der Waals surface area contributed by atoms with E-state index in [-0.39, 0.29) is 22.3 Å². The summed E-state index contributed by atoms with van der Waals surface area (Å²) in [6, 6.07) is 7.20. The fourth-order valence-corrected chi connectivity index (χ4v) is 4.80. The van der Waals surface area contributed by atoms with E-state index in [9.17, 15) is 18.0 Å². The number of para-hydroxylation sites is 1. The van der Waals surface area contributed by atoms with Gasteiger partial charge in [-0.3, -0.25) is 0 Å². The van der Waals surface area contributed by atoms with Crippen molar-refractivity contribution in [3.8, 4) is 0 Å². The van der Waals surface area contributed by atoms with Gasteiger partial charge < -0.3 is 14.2 Å². The first-order valence-corrected chi connectivity index (χ1v) is 9.39. The van der Waals surface area contributed by atoms with E-state index in [2.05, 4.69) is 11.9 Å². The van der Waals surface area contributed by atoms with Crippen molar-refractivity contribution in [2.75, 3.05) is 7.05 Å². The van der Waals surface area contributed by atoms with Gasteiger partial charge in [-0.2, -0.15) is 13.2 Å². The van der Waals surface area contributed by atoms with Gasteiger partial charge in [-0.15, -0.1) is 0 Å². The van der Waals surface area contributed by atoms with Gasteiger partial charge in [0.25, 0.3) is 0 Å². The molecule has 2 bridgehead atoms. The lowest BCUT2D eigenvalue weighted by Gasteiger charge is -2.35. The molecular weight excluding hydrogens is 381 g/mol. The first-order chi connectivity index (χ1) is 12.7. The Morgan fingerprint density at radius 3 is 2.48 bits per heavy atom. The molecule has 2 aromatic rings. The molecule has 4 nitrogen and oxygen atoms in total. The molecule has 0 radical (unpaired) electrons. The summed E-state index contributed by atoms with van der Waals surface area (Å²) in [7, 11) is 2.09. The van der Waals surface area contributed by atoms with Gasteiger partial charge in [-0.25, -0.2) is 4.79 Å². The van der Waals surface area contributed by atoms with Crippen LogP contribution in [0.3, 0.4) is 0 Å². The van der Waals surface area contributed by atoms with E-state index in [4.69, 9.17) is 16.3 Å². The summed E-state index contributed by atoms with van der Waals surface area (Å²) in [5.41, 5.74) is 0.290. The minimum absolute atomic E-state index is 0.0165. The second kappa shape index (κ2) is 6.71. The highest BCUT2D eigenvalue weighted by molar-refractivity contribution is 6.35. The third-order valence-electron chi connectivity index (χ3n) is 5.78. The molecule has 27 heavy (non-hydrogen) atoms. The van der Waals surface area contributed by atoms with Crippen molar-refractivity contribution in [3.63, 3.8) is 0 Å². The molecule has 0 N–H and O–H groups in total. The molecule has 3 atom stereocenters. The number of rotatable bonds is 3. The van der Waals surface area contributed by atoms with Crippen LogP contribution in [-0.2, 0) is 11.3 Å². The fraction of sp³-hybridized carbons (Fsp3) is 0.526. The van der Waals surface area contributed by atoms with Crippen LogP contribution in [0.4, 0.5) is 13.2 Å². The molecule has 8 heteroatoms. The third kappa shape index (κ3) is 3.43. The van der Waals surface area contributed by atoms with Gasteiger partial charge in [-0.1, -0.05) is 29.8 Å². The van der Waals surface area contributed by atoms with Crippen molar-refractivity contribution in [1.82, 2.24) is 9.47 Å². The summed E-state index contributed by atoms with van der Waals surface area (Å²) in [6.07, 6.45) is -1.01. The molecule has 4 rings (SSSR count). The maximum atomic E-state index is 13.0. The molecule has 1 aromatic heterocycles. The quantitative estimate of drug-likeness (QED) is 0.704. The highest BCUT2D eigenvalue weighted by Crippen LogP contribution is 2.37. The van der Waals surface area contributed by atoms with Gasteiger partial charge in [0, 0.05) is 30.3 Å². The molecule has 2 saturated heterocycles. The number of hydrogen-bond acceptors (Lipinski definition) is 3. The molecule has 0 amide bonds. The number of alkyl halides is 3. The molecule has 0 aliphatic carbocycles. The summed E-state index contributed by atoms with van der Waals surface area (Å²) >= 11 is 6.22. The van der Waals surface area contributed by atoms with Gasteiger partial charge in [0.2, 0.25) is 0 Å². The number of benzene rings is 1. The number of carbonyl (C=O) groups excluding carboxylic acids is 1. The molecule has 3 heterocycles. The Balaban J connectivity index is 1.63. The lowest BCUT2D eigenvalue weighted by Crippen LogP contribution is -2.43. The van der Waals surface area contributed by atoms with Crippen molar-refractivity contribution in [2.45, 2.75) is 56.6 Å². The number of halogens is 4. The SMILES string of the molecule is CN1[C@@H]2CC[C@H]1C[C@H](OC(=O)c1c(Cl)n(CC(F)(F)F)c3ccccc13)C2. The fourth-order valence-electron chi connectivity index (χ4n) is 4.47. The first kappa shape index (κ1) is 18.6. The van der Waals surface area contributed by atoms with Crippen LogP contribution in [0.5, 0.6) is 0 Å². The van der Waals surface area contributed by atoms with Crippen molar-refractivity contribution in [1.29, 1.82) is 0 Å². The summed E-state index contributed by atoms with van der Waals surface area (Å²) in [6.45, 7) is -1.25. The smallest absolute Gasteiger partial charge is 0.406 e. The highest BCUT2D eigenvalue weighted by Gasteiger charge is 2.40. The molecule has 2 aliphatic heterocycles. The zero-order chi connectivity index (χ0) is 19.3. The Kier molecular flexibility index (Phi) is 4.63. The van der Waals surface area contributed by atoms with E-state index in [1.165, 1.54) is 6.07 Å². The van der Waals surface area contributed by atoms with Crippen LogP contribution in [0.25, 0.3) is 10.9 Å². The monoisotopic (exact) mass is 400 g/mol. The highest BCUT2D eigenvalue weighted by atomic mass is 35.5. The van der Waals surface area contributed by atoms with Gasteiger partial charge in [-0.05, 0) is 26.0 Å². The van der Waals surface area contributed by atoms with Gasteiger partial charge in [0.1, 0.15) is 23.4 Å². The van der Waals surface area contributed by atoms with E-state index in [0.29, 0.717) is 17.5 Å². The zero-order valence-corrected chi connectivity index (χ0v) is 15.6. The van der Waals surface area contributed by atoms with Crippen LogP contribution in [-0.4, -0.2) is 46.8 Å². The zero-order valence-electron chi connectivity index (χ0n) is 14.8. The van der Waals surface area contributed by atoms with Crippen molar-refractivity contribution in [3.05, 3.63) is 35.0 Å². The number of piperidine rings is 1. The van der Waals surface area contributed by atoms with E-state index in [0.717, 1.165) is 30.3 Å². The molecule has 0 saturated carbocycles. The Labute approximate surface area is 159 Å². The molecule has 146 valence electrons. The van der Waals surface area contributed by atoms with Crippen LogP contribution >= 0.6 is 11.6 Å². The predicted octanol–water partition coefficient (Wildman–Crippen LogP) is 4.64. The minimum atomic E-state index is -4.44. The largest absolute Gasteiger partial charge is 0.459 e. The maximum absolute atomic E-state index is 13.0. The summed E-state index contributed by atoms with van der Waals surface area (Å²) in [5.74, 6) is -0.647. The minimum Gasteiger partial charge on any atom is -0.459 e. The number of esters is 1. The van der Waals surface area contributed by atoms with Crippen molar-refractivity contribution < 1.29 is 22.7 Å². The second-order valence-corrected chi connectivity index (χ2v) is 7.79. The first-order valence-electron chi connectivity index (χ1n) is 9.01. The number of carbonyl (C=O) groups is 1. The summed E-state index contributed by atoms with van der Waals surface area (Å²) in [5, 5.41) is 0.155. The average Bonchev–Trinajstić information content (AvgIpc) is 2.96. The molecule has 2 aliphatic rings. The van der Waals surface area contributed by atoms with Crippen LogP contribution in [0.2, 0.25) is 5.15 Å². The van der Waals surface area contributed by atoms with E-state index in [1.54, 1.807) is 18.2 Å². The number of nitrogens with zero attached hydrogens (tertiary/aromatic N) is 2. The van der Waals surface area contributed by atoms with Crippen LogP contribution in [0.15, 0.2) is 24.3 Å². The molecule has 0 unspecified atom stereocenters. The Morgan fingerprint density at radius 2 is 1.85 bits per heavy atom. The standard InChI is InChI=1S/C19H20ClF3N2O2/c1-24-11-6-7-12(24)9-13(8-11)27-18(26)16-14-4-2-3-5-15(14)25(17(16)20)10-19(21,22)23/h2-5,11-13H,6-10H2,1H3/t11-,12+,13-. The summed E-state index contributed by atoms with van der Waals surface area (Å²) < 4.78 is 45.5. The van der Waals surface area contributed by atoms with Gasteiger partial charge in [0.05, 0.1) is 5.52 Å². The Hall–Kier alpha value is -1.73. The third-order valence-corrected chi connectivity index (χ3v) is 6.17. The second-order valence-electron chi connectivity index (χ2n) is 7.43.